The molecule has 144 valence electrons. The molecule has 1 aromatic carbocycles. The first-order valence-electron chi connectivity index (χ1n) is 9.05. The third kappa shape index (κ3) is 4.19. The largest absolute Gasteiger partial charge is 0.383 e. The highest BCUT2D eigenvalue weighted by Crippen LogP contribution is 2.35. The van der Waals surface area contributed by atoms with Gasteiger partial charge in [0.05, 0.1) is 13.2 Å². The number of piperidine rings is 1. The molecule has 3 amide bonds. The fourth-order valence-corrected chi connectivity index (χ4v) is 3.98. The van der Waals surface area contributed by atoms with Crippen LogP contribution in [0, 0.1) is 5.92 Å². The van der Waals surface area contributed by atoms with Gasteiger partial charge in [0.25, 0.3) is 5.91 Å². The number of halogens is 1. The quantitative estimate of drug-likeness (QED) is 0.708. The maximum Gasteiger partial charge on any atom is 0.325 e. The summed E-state index contributed by atoms with van der Waals surface area (Å²) < 4.78 is 5.06. The van der Waals surface area contributed by atoms with Crippen molar-refractivity contribution in [2.24, 2.45) is 5.92 Å². The number of nitrogens with zero attached hydrogens (tertiary/aromatic N) is 1. The molecule has 0 spiro atoms. The molecule has 0 aliphatic carbocycles. The lowest BCUT2D eigenvalue weighted by molar-refractivity contribution is -0.134. The molecule has 0 bridgehead atoms. The number of ether oxygens (including phenoxy) is 1. The summed E-state index contributed by atoms with van der Waals surface area (Å²) in [5.41, 5.74) is 0.399. The molecule has 2 saturated heterocycles. The number of methoxy groups -OCH3 is 1. The lowest BCUT2D eigenvalue weighted by atomic mass is 9.74. The molecule has 1 unspecified atom stereocenters. The third-order valence-corrected chi connectivity index (χ3v) is 5.41. The van der Waals surface area contributed by atoms with Crippen molar-refractivity contribution in [3.63, 3.8) is 0 Å². The normalized spacial score (nSPS) is 23.7. The van der Waals surface area contributed by atoms with Gasteiger partial charge in [-0.25, -0.2) is 4.79 Å². The van der Waals surface area contributed by atoms with Crippen molar-refractivity contribution in [1.82, 2.24) is 15.5 Å². The monoisotopic (exact) mass is 381 g/mol. The van der Waals surface area contributed by atoms with Crippen LogP contribution in [-0.4, -0.2) is 55.7 Å². The van der Waals surface area contributed by atoms with E-state index in [0.717, 1.165) is 32.4 Å². The highest BCUT2D eigenvalue weighted by atomic mass is 35.5. The number of hydrogen-bond acceptors (Lipinski definition) is 4. The number of benzene rings is 1. The highest BCUT2D eigenvalue weighted by molar-refractivity contribution is 6.07. The summed E-state index contributed by atoms with van der Waals surface area (Å²) in [7, 11) is 1.58. The van der Waals surface area contributed by atoms with Gasteiger partial charge in [-0.3, -0.25) is 9.69 Å². The summed E-state index contributed by atoms with van der Waals surface area (Å²) in [5, 5.41) is 6.41. The van der Waals surface area contributed by atoms with Gasteiger partial charge in [-0.1, -0.05) is 30.3 Å². The first-order valence-corrected chi connectivity index (χ1v) is 9.05. The predicted molar refractivity (Wildman–Crippen MR) is 102 cm³/mol. The van der Waals surface area contributed by atoms with Crippen molar-refractivity contribution >= 4 is 24.3 Å². The van der Waals surface area contributed by atoms with Crippen molar-refractivity contribution in [1.29, 1.82) is 0 Å². The van der Waals surface area contributed by atoms with Crippen LogP contribution in [0.2, 0.25) is 0 Å². The molecule has 0 radical (unpaired) electrons. The van der Waals surface area contributed by atoms with Gasteiger partial charge >= 0.3 is 6.03 Å². The molecule has 1 atom stereocenters. The third-order valence-electron chi connectivity index (χ3n) is 5.41. The molecule has 0 aromatic heterocycles. The Bertz CT molecular complexity index is 607. The van der Waals surface area contributed by atoms with E-state index in [4.69, 9.17) is 4.74 Å². The molecule has 2 aliphatic rings. The Hall–Kier alpha value is -1.63. The summed E-state index contributed by atoms with van der Waals surface area (Å²) in [4.78, 5) is 27.0. The summed E-state index contributed by atoms with van der Waals surface area (Å²) in [6.45, 7) is 2.44. The van der Waals surface area contributed by atoms with Crippen LogP contribution in [0.15, 0.2) is 30.3 Å². The number of aryl methyl sites for hydroxylation is 1. The van der Waals surface area contributed by atoms with Crippen molar-refractivity contribution < 1.29 is 14.3 Å². The summed E-state index contributed by atoms with van der Waals surface area (Å²) in [5.74, 6) is 0.0823. The number of hydrogen-bond donors (Lipinski definition) is 2. The fraction of sp³-hybridized carbons (Fsp3) is 0.579. The van der Waals surface area contributed by atoms with Gasteiger partial charge in [-0.05, 0) is 50.3 Å². The van der Waals surface area contributed by atoms with E-state index in [1.54, 1.807) is 7.11 Å². The number of nitrogens with one attached hydrogen (secondary N) is 2. The molecule has 0 saturated carbocycles. The minimum absolute atomic E-state index is 0. The molecule has 6 nitrogen and oxygen atoms in total. The van der Waals surface area contributed by atoms with E-state index in [-0.39, 0.29) is 30.3 Å². The van der Waals surface area contributed by atoms with E-state index >= 15 is 0 Å². The van der Waals surface area contributed by atoms with Crippen molar-refractivity contribution in [2.75, 3.05) is 33.4 Å². The van der Waals surface area contributed by atoms with Crippen LogP contribution in [0.4, 0.5) is 4.79 Å². The SMILES string of the molecule is COCCN1C(=O)NC(CCc2ccccc2)(C2CCNCC2)C1=O.Cl. The summed E-state index contributed by atoms with van der Waals surface area (Å²) in [6, 6.07) is 9.86. The lowest BCUT2D eigenvalue weighted by Gasteiger charge is -2.38. The van der Waals surface area contributed by atoms with E-state index in [9.17, 15) is 9.59 Å². The Kier molecular flexibility index (Phi) is 7.43. The zero-order valence-electron chi connectivity index (χ0n) is 15.2. The Morgan fingerprint density at radius 3 is 2.54 bits per heavy atom. The van der Waals surface area contributed by atoms with E-state index in [2.05, 4.69) is 22.8 Å². The van der Waals surface area contributed by atoms with E-state index in [1.165, 1.54) is 10.5 Å². The zero-order valence-corrected chi connectivity index (χ0v) is 16.0. The van der Waals surface area contributed by atoms with E-state index in [1.807, 2.05) is 18.2 Å². The lowest BCUT2D eigenvalue weighted by Crippen LogP contribution is -2.56. The van der Waals surface area contributed by atoms with Gasteiger partial charge in [-0.2, -0.15) is 0 Å². The van der Waals surface area contributed by atoms with Gasteiger partial charge in [0.1, 0.15) is 5.54 Å². The van der Waals surface area contributed by atoms with Crippen LogP contribution in [0.1, 0.15) is 24.8 Å². The molecule has 26 heavy (non-hydrogen) atoms. The second-order valence-corrected chi connectivity index (χ2v) is 6.86. The van der Waals surface area contributed by atoms with Gasteiger partial charge in [0, 0.05) is 7.11 Å². The Morgan fingerprint density at radius 1 is 1.19 bits per heavy atom. The zero-order chi connectivity index (χ0) is 17.7. The molecular formula is C19H28ClN3O3. The average molecular weight is 382 g/mol. The molecule has 2 heterocycles. The van der Waals surface area contributed by atoms with Crippen molar-refractivity contribution in [2.45, 2.75) is 31.2 Å². The molecule has 3 rings (SSSR count). The van der Waals surface area contributed by atoms with Gasteiger partial charge in [-0.15, -0.1) is 12.4 Å². The molecule has 7 heteroatoms. The van der Waals surface area contributed by atoms with Crippen molar-refractivity contribution in [3.05, 3.63) is 35.9 Å². The van der Waals surface area contributed by atoms with Crippen LogP contribution in [0.25, 0.3) is 0 Å². The summed E-state index contributed by atoms with van der Waals surface area (Å²) in [6.07, 6.45) is 3.21. The average Bonchev–Trinajstić information content (AvgIpc) is 2.91. The van der Waals surface area contributed by atoms with Crippen LogP contribution >= 0.6 is 12.4 Å². The first kappa shape index (κ1) is 20.7. The predicted octanol–water partition coefficient (Wildman–Crippen LogP) is 1.98. The molecular weight excluding hydrogens is 354 g/mol. The van der Waals surface area contributed by atoms with Crippen LogP contribution in [0.3, 0.4) is 0 Å². The molecule has 2 N–H and O–H groups in total. The van der Waals surface area contributed by atoms with Crippen LogP contribution in [-0.2, 0) is 16.0 Å². The Balaban J connectivity index is 0.00000243. The second kappa shape index (κ2) is 9.35. The smallest absolute Gasteiger partial charge is 0.325 e. The highest BCUT2D eigenvalue weighted by Gasteiger charge is 2.54. The standard InChI is InChI=1S/C19H27N3O3.ClH/c1-25-14-13-22-17(23)19(21-18(22)24,16-8-11-20-12-9-16)10-7-15-5-3-2-4-6-15;/h2-6,16,20H,7-14H2,1H3,(H,21,24);1H. The van der Waals surface area contributed by atoms with Crippen LogP contribution < -0.4 is 10.6 Å². The number of urea groups is 1. The van der Waals surface area contributed by atoms with Gasteiger partial charge in [0.2, 0.25) is 0 Å². The Labute approximate surface area is 161 Å². The topological polar surface area (TPSA) is 70.7 Å². The van der Waals surface area contributed by atoms with Gasteiger partial charge in [0.15, 0.2) is 0 Å². The minimum Gasteiger partial charge on any atom is -0.383 e. The van der Waals surface area contributed by atoms with Crippen LogP contribution in [0.5, 0.6) is 0 Å². The molecule has 1 aromatic rings. The molecule has 2 aliphatic heterocycles. The van der Waals surface area contributed by atoms with E-state index < -0.39 is 5.54 Å². The maximum absolute atomic E-state index is 13.2. The minimum atomic E-state index is -0.789. The molecule has 2 fully saturated rings. The number of imide groups is 1. The first-order chi connectivity index (χ1) is 12.2. The number of carbonyl (C=O) groups excluding carboxylic acids is 2. The Morgan fingerprint density at radius 2 is 1.88 bits per heavy atom. The number of amides is 3. The van der Waals surface area contributed by atoms with Crippen molar-refractivity contribution in [3.8, 4) is 0 Å². The summed E-state index contributed by atoms with van der Waals surface area (Å²) >= 11 is 0. The number of rotatable bonds is 7. The second-order valence-electron chi connectivity index (χ2n) is 6.86. The maximum atomic E-state index is 13.2. The van der Waals surface area contributed by atoms with E-state index in [0.29, 0.717) is 19.6 Å². The van der Waals surface area contributed by atoms with Gasteiger partial charge < -0.3 is 15.4 Å². The fourth-order valence-electron chi connectivity index (χ4n) is 3.98. The number of carbonyl (C=O) groups is 2.